The molecule has 0 saturated heterocycles. The minimum atomic E-state index is -0.336. The van der Waals surface area contributed by atoms with Gasteiger partial charge in [-0.15, -0.1) is 24.0 Å². The third kappa shape index (κ3) is 8.84. The Morgan fingerprint density at radius 1 is 1.32 bits per heavy atom. The van der Waals surface area contributed by atoms with Crippen LogP contribution in [0.3, 0.4) is 0 Å². The maximum atomic E-state index is 13.2. The van der Waals surface area contributed by atoms with Crippen LogP contribution < -0.4 is 10.6 Å². The van der Waals surface area contributed by atoms with Crippen LogP contribution >= 0.6 is 24.0 Å². The number of amides is 1. The van der Waals surface area contributed by atoms with Gasteiger partial charge in [-0.25, -0.2) is 4.39 Å². The summed E-state index contributed by atoms with van der Waals surface area (Å²) in [6.45, 7) is 8.61. The molecule has 1 amide bonds. The van der Waals surface area contributed by atoms with Gasteiger partial charge < -0.3 is 15.5 Å². The Morgan fingerprint density at radius 2 is 2.06 bits per heavy atom. The molecule has 0 saturated carbocycles. The SMILES string of the molecule is CCNC(=NCCNC(=O)Cc1cccc(F)c1)N(C)Cc1cn(C)nc1C(C)C.I. The molecule has 2 rings (SSSR count). The van der Waals surface area contributed by atoms with Gasteiger partial charge in [-0.2, -0.15) is 5.10 Å². The zero-order valence-electron chi connectivity index (χ0n) is 19.0. The van der Waals surface area contributed by atoms with Gasteiger partial charge in [-0.3, -0.25) is 14.5 Å². The molecule has 172 valence electrons. The van der Waals surface area contributed by atoms with E-state index < -0.39 is 0 Å². The Kier molecular flexibility index (Phi) is 11.5. The molecule has 0 aliphatic carbocycles. The average Bonchev–Trinajstić information content (AvgIpc) is 3.04. The highest BCUT2D eigenvalue weighted by molar-refractivity contribution is 14.0. The van der Waals surface area contributed by atoms with Gasteiger partial charge in [-0.05, 0) is 30.5 Å². The van der Waals surface area contributed by atoms with Crippen molar-refractivity contribution < 1.29 is 9.18 Å². The molecule has 1 aromatic heterocycles. The van der Waals surface area contributed by atoms with E-state index >= 15 is 0 Å². The van der Waals surface area contributed by atoms with E-state index in [0.717, 1.165) is 18.2 Å². The molecule has 2 aromatic rings. The van der Waals surface area contributed by atoms with Crippen molar-refractivity contribution in [1.82, 2.24) is 25.3 Å². The van der Waals surface area contributed by atoms with E-state index in [-0.39, 0.29) is 42.1 Å². The summed E-state index contributed by atoms with van der Waals surface area (Å²) >= 11 is 0. The Balaban J connectivity index is 0.00000480. The van der Waals surface area contributed by atoms with Crippen LogP contribution in [-0.4, -0.2) is 53.2 Å². The first kappa shape index (κ1) is 26.9. The number of carbonyl (C=O) groups excluding carboxylic acids is 1. The van der Waals surface area contributed by atoms with E-state index in [9.17, 15) is 9.18 Å². The van der Waals surface area contributed by atoms with E-state index in [1.807, 2.05) is 31.9 Å². The monoisotopic (exact) mass is 544 g/mol. The van der Waals surface area contributed by atoms with E-state index in [4.69, 9.17) is 0 Å². The molecule has 9 heteroatoms. The quantitative estimate of drug-likeness (QED) is 0.220. The third-order valence-corrected chi connectivity index (χ3v) is 4.54. The van der Waals surface area contributed by atoms with Crippen LogP contribution in [0, 0.1) is 5.82 Å². The Hall–Kier alpha value is -2.17. The number of aliphatic imine (C=N–C) groups is 1. The highest BCUT2D eigenvalue weighted by Crippen LogP contribution is 2.18. The third-order valence-electron chi connectivity index (χ3n) is 4.54. The maximum Gasteiger partial charge on any atom is 0.224 e. The van der Waals surface area contributed by atoms with E-state index in [1.54, 1.807) is 12.1 Å². The number of hydrogen-bond donors (Lipinski definition) is 2. The van der Waals surface area contributed by atoms with E-state index in [0.29, 0.717) is 31.1 Å². The van der Waals surface area contributed by atoms with Gasteiger partial charge in [0.05, 0.1) is 18.7 Å². The average molecular weight is 544 g/mol. The number of rotatable bonds is 9. The van der Waals surface area contributed by atoms with Crippen molar-refractivity contribution in [2.45, 2.75) is 39.7 Å². The number of carbonyl (C=O) groups is 1. The molecular weight excluding hydrogens is 510 g/mol. The van der Waals surface area contributed by atoms with Crippen molar-refractivity contribution in [3.63, 3.8) is 0 Å². The normalized spacial score (nSPS) is 11.3. The second kappa shape index (κ2) is 13.3. The molecule has 7 nitrogen and oxygen atoms in total. The maximum absolute atomic E-state index is 13.2. The zero-order chi connectivity index (χ0) is 22.1. The Bertz CT molecular complexity index is 867. The number of guanidine groups is 1. The van der Waals surface area contributed by atoms with Crippen molar-refractivity contribution in [3.8, 4) is 0 Å². The topological polar surface area (TPSA) is 74.6 Å². The molecule has 1 heterocycles. The van der Waals surface area contributed by atoms with Gasteiger partial charge in [-0.1, -0.05) is 26.0 Å². The summed E-state index contributed by atoms with van der Waals surface area (Å²) in [5.41, 5.74) is 2.91. The molecule has 0 radical (unpaired) electrons. The predicted octanol–water partition coefficient (Wildman–Crippen LogP) is 3.06. The number of halogens is 2. The molecule has 0 unspecified atom stereocenters. The van der Waals surface area contributed by atoms with Crippen LogP contribution in [0.4, 0.5) is 4.39 Å². The summed E-state index contributed by atoms with van der Waals surface area (Å²) in [7, 11) is 3.92. The van der Waals surface area contributed by atoms with Gasteiger partial charge in [0, 0.05) is 45.5 Å². The number of benzene rings is 1. The largest absolute Gasteiger partial charge is 0.357 e. The molecule has 0 spiro atoms. The summed E-state index contributed by atoms with van der Waals surface area (Å²) in [6.07, 6.45) is 2.20. The number of nitrogens with zero attached hydrogens (tertiary/aromatic N) is 4. The van der Waals surface area contributed by atoms with Crippen molar-refractivity contribution in [1.29, 1.82) is 0 Å². The summed E-state index contributed by atoms with van der Waals surface area (Å²) in [6, 6.07) is 6.08. The minimum absolute atomic E-state index is 0. The predicted molar refractivity (Wildman–Crippen MR) is 133 cm³/mol. The Labute approximate surface area is 201 Å². The molecule has 0 fully saturated rings. The van der Waals surface area contributed by atoms with Crippen LogP contribution in [0.5, 0.6) is 0 Å². The first-order valence-electron chi connectivity index (χ1n) is 10.3. The van der Waals surface area contributed by atoms with Crippen molar-refractivity contribution in [2.75, 3.05) is 26.7 Å². The second-order valence-electron chi connectivity index (χ2n) is 7.62. The highest BCUT2D eigenvalue weighted by Gasteiger charge is 2.15. The van der Waals surface area contributed by atoms with Crippen molar-refractivity contribution in [2.24, 2.45) is 12.0 Å². The molecule has 0 bridgehead atoms. The van der Waals surface area contributed by atoms with Gasteiger partial charge in [0.1, 0.15) is 5.82 Å². The lowest BCUT2D eigenvalue weighted by Gasteiger charge is -2.22. The first-order valence-corrected chi connectivity index (χ1v) is 10.3. The smallest absolute Gasteiger partial charge is 0.224 e. The van der Waals surface area contributed by atoms with Gasteiger partial charge in [0.15, 0.2) is 5.96 Å². The lowest BCUT2D eigenvalue weighted by molar-refractivity contribution is -0.120. The van der Waals surface area contributed by atoms with Crippen LogP contribution in [0.25, 0.3) is 0 Å². The molecule has 31 heavy (non-hydrogen) atoms. The zero-order valence-corrected chi connectivity index (χ0v) is 21.3. The van der Waals surface area contributed by atoms with E-state index in [1.165, 1.54) is 17.7 Å². The van der Waals surface area contributed by atoms with Crippen LogP contribution in [0.2, 0.25) is 0 Å². The number of aromatic nitrogens is 2. The van der Waals surface area contributed by atoms with Crippen LogP contribution in [0.15, 0.2) is 35.5 Å². The molecular formula is C22H34FIN6O. The highest BCUT2D eigenvalue weighted by atomic mass is 127. The summed E-state index contributed by atoms with van der Waals surface area (Å²) < 4.78 is 15.1. The molecule has 0 atom stereocenters. The molecule has 0 aliphatic rings. The van der Waals surface area contributed by atoms with E-state index in [2.05, 4.69) is 39.5 Å². The Morgan fingerprint density at radius 3 is 2.71 bits per heavy atom. The first-order chi connectivity index (χ1) is 14.3. The standard InChI is InChI=1S/C22H33FN6O.HI/c1-6-24-22(28(4)14-18-15-29(5)27-21(18)16(2)3)26-11-10-25-20(30)13-17-8-7-9-19(23)12-17;/h7-9,12,15-16H,6,10-11,13-14H2,1-5H3,(H,24,26)(H,25,30);1H. The van der Waals surface area contributed by atoms with Gasteiger partial charge in [0.25, 0.3) is 0 Å². The van der Waals surface area contributed by atoms with Crippen LogP contribution in [0.1, 0.15) is 43.5 Å². The summed E-state index contributed by atoms with van der Waals surface area (Å²) in [5, 5.41) is 10.7. The fourth-order valence-corrected chi connectivity index (χ4v) is 3.21. The number of nitrogens with one attached hydrogen (secondary N) is 2. The molecule has 0 aliphatic heterocycles. The molecule has 1 aromatic carbocycles. The van der Waals surface area contributed by atoms with Crippen LogP contribution in [-0.2, 0) is 24.8 Å². The second-order valence-corrected chi connectivity index (χ2v) is 7.62. The fourth-order valence-electron chi connectivity index (χ4n) is 3.21. The van der Waals surface area contributed by atoms with Crippen molar-refractivity contribution >= 4 is 35.8 Å². The van der Waals surface area contributed by atoms with Gasteiger partial charge in [0.2, 0.25) is 5.91 Å². The minimum Gasteiger partial charge on any atom is -0.357 e. The summed E-state index contributed by atoms with van der Waals surface area (Å²) in [5.74, 6) is 0.640. The number of aryl methyl sites for hydroxylation is 1. The lowest BCUT2D eigenvalue weighted by atomic mass is 10.1. The molecule has 2 N–H and O–H groups in total. The number of hydrogen-bond acceptors (Lipinski definition) is 3. The fraction of sp³-hybridized carbons (Fsp3) is 0.500. The summed E-state index contributed by atoms with van der Waals surface area (Å²) in [4.78, 5) is 18.7. The van der Waals surface area contributed by atoms with Crippen molar-refractivity contribution in [3.05, 3.63) is 53.1 Å². The lowest BCUT2D eigenvalue weighted by Crippen LogP contribution is -2.39. The van der Waals surface area contributed by atoms with Gasteiger partial charge >= 0.3 is 0 Å².